The summed E-state index contributed by atoms with van der Waals surface area (Å²) >= 11 is 0. The summed E-state index contributed by atoms with van der Waals surface area (Å²) in [6.07, 6.45) is 0.428. The number of halogens is 2. The van der Waals surface area contributed by atoms with Gasteiger partial charge >= 0.3 is 5.97 Å². The zero-order chi connectivity index (χ0) is 24.9. The van der Waals surface area contributed by atoms with Crippen LogP contribution in [-0.4, -0.2) is 28.0 Å². The Bertz CT molecular complexity index is 1290. The molecule has 0 saturated heterocycles. The summed E-state index contributed by atoms with van der Waals surface area (Å²) in [6, 6.07) is 13.4. The van der Waals surface area contributed by atoms with E-state index in [9.17, 15) is 22.0 Å². The fourth-order valence-electron chi connectivity index (χ4n) is 3.26. The van der Waals surface area contributed by atoms with Crippen LogP contribution < -0.4 is 9.46 Å². The van der Waals surface area contributed by atoms with Crippen LogP contribution in [0.15, 0.2) is 59.5 Å². The van der Waals surface area contributed by atoms with Crippen molar-refractivity contribution < 1.29 is 31.5 Å². The van der Waals surface area contributed by atoms with Crippen molar-refractivity contribution in [2.75, 3.05) is 13.7 Å². The van der Waals surface area contributed by atoms with Crippen LogP contribution >= 0.6 is 0 Å². The number of carbonyl (C=O) groups excluding carboxylic acids is 1. The Labute approximate surface area is 197 Å². The molecule has 0 amide bonds. The summed E-state index contributed by atoms with van der Waals surface area (Å²) in [5, 5.41) is 0. The van der Waals surface area contributed by atoms with Gasteiger partial charge in [-0.15, -0.1) is 0 Å². The van der Waals surface area contributed by atoms with Gasteiger partial charge in [0.1, 0.15) is 12.4 Å². The van der Waals surface area contributed by atoms with E-state index in [1.54, 1.807) is 38.1 Å². The second-order valence-corrected chi connectivity index (χ2v) is 9.50. The Balaban J connectivity index is 1.58. The quantitative estimate of drug-likeness (QED) is 0.449. The molecule has 0 saturated carbocycles. The van der Waals surface area contributed by atoms with Crippen molar-refractivity contribution in [3.8, 4) is 5.75 Å². The maximum absolute atomic E-state index is 13.3. The van der Waals surface area contributed by atoms with E-state index in [-0.39, 0.29) is 23.6 Å². The molecule has 0 atom stereocenters. The first kappa shape index (κ1) is 25.3. The molecular formula is C25H25F2NO5S. The van der Waals surface area contributed by atoms with Gasteiger partial charge in [0.2, 0.25) is 10.0 Å². The van der Waals surface area contributed by atoms with E-state index >= 15 is 0 Å². The molecule has 0 aliphatic rings. The number of sulfonamides is 1. The number of hydrogen-bond donors (Lipinski definition) is 1. The van der Waals surface area contributed by atoms with E-state index in [0.29, 0.717) is 28.9 Å². The molecule has 0 aliphatic carbocycles. The van der Waals surface area contributed by atoms with E-state index < -0.39 is 27.6 Å². The van der Waals surface area contributed by atoms with Crippen molar-refractivity contribution in [3.63, 3.8) is 0 Å². The number of methoxy groups -OCH3 is 1. The highest BCUT2D eigenvalue weighted by atomic mass is 32.2. The second kappa shape index (κ2) is 10.8. The van der Waals surface area contributed by atoms with Gasteiger partial charge in [-0.3, -0.25) is 0 Å². The lowest BCUT2D eigenvalue weighted by Gasteiger charge is -2.12. The van der Waals surface area contributed by atoms with Crippen LogP contribution in [0.2, 0.25) is 0 Å². The number of benzene rings is 3. The van der Waals surface area contributed by atoms with E-state index in [0.717, 1.165) is 17.7 Å². The lowest BCUT2D eigenvalue weighted by molar-refractivity contribution is 0.0599. The van der Waals surface area contributed by atoms with Crippen LogP contribution in [0.4, 0.5) is 8.78 Å². The number of aryl methyl sites for hydroxylation is 1. The minimum Gasteiger partial charge on any atom is -0.489 e. The van der Waals surface area contributed by atoms with Gasteiger partial charge in [0.15, 0.2) is 11.6 Å². The van der Waals surface area contributed by atoms with Crippen LogP contribution in [-0.2, 0) is 27.8 Å². The van der Waals surface area contributed by atoms with Crippen molar-refractivity contribution >= 4 is 16.0 Å². The van der Waals surface area contributed by atoms with Gasteiger partial charge in [-0.25, -0.2) is 26.7 Å². The van der Waals surface area contributed by atoms with Gasteiger partial charge in [0.25, 0.3) is 0 Å². The van der Waals surface area contributed by atoms with Gasteiger partial charge in [-0.2, -0.15) is 0 Å². The average Bonchev–Trinajstić information content (AvgIpc) is 2.81. The molecule has 0 heterocycles. The smallest absolute Gasteiger partial charge is 0.338 e. The van der Waals surface area contributed by atoms with Gasteiger partial charge in [0, 0.05) is 6.54 Å². The first-order chi connectivity index (χ1) is 16.1. The highest BCUT2D eigenvalue weighted by molar-refractivity contribution is 7.89. The number of esters is 1. The van der Waals surface area contributed by atoms with Crippen molar-refractivity contribution in [1.29, 1.82) is 0 Å². The van der Waals surface area contributed by atoms with Crippen LogP contribution in [0.5, 0.6) is 5.75 Å². The van der Waals surface area contributed by atoms with E-state index in [1.165, 1.54) is 25.3 Å². The molecule has 3 aromatic rings. The van der Waals surface area contributed by atoms with Crippen LogP contribution in [0.1, 0.15) is 32.6 Å². The Morgan fingerprint density at radius 1 is 0.941 bits per heavy atom. The van der Waals surface area contributed by atoms with E-state index in [4.69, 9.17) is 9.47 Å². The van der Waals surface area contributed by atoms with Gasteiger partial charge in [-0.05, 0) is 78.9 Å². The Hall–Kier alpha value is -3.30. The van der Waals surface area contributed by atoms with Gasteiger partial charge in [0.05, 0.1) is 17.6 Å². The molecule has 0 aromatic heterocycles. The molecule has 1 N–H and O–H groups in total. The lowest BCUT2D eigenvalue weighted by atomic mass is 10.0. The first-order valence-electron chi connectivity index (χ1n) is 10.5. The number of carbonyl (C=O) groups is 1. The van der Waals surface area contributed by atoms with E-state index in [1.807, 2.05) is 0 Å². The molecule has 3 rings (SSSR count). The summed E-state index contributed by atoms with van der Waals surface area (Å²) in [4.78, 5) is 12.0. The second-order valence-electron chi connectivity index (χ2n) is 7.73. The molecule has 0 aliphatic heterocycles. The molecule has 0 bridgehead atoms. The van der Waals surface area contributed by atoms with Crippen LogP contribution in [0, 0.1) is 25.5 Å². The van der Waals surface area contributed by atoms with Crippen molar-refractivity contribution in [1.82, 2.24) is 4.72 Å². The fraction of sp³-hybridized carbons (Fsp3) is 0.240. The molecule has 9 heteroatoms. The van der Waals surface area contributed by atoms with Crippen molar-refractivity contribution in [3.05, 3.63) is 94.0 Å². The van der Waals surface area contributed by atoms with Crippen LogP contribution in [0.25, 0.3) is 0 Å². The van der Waals surface area contributed by atoms with E-state index in [2.05, 4.69) is 4.72 Å². The van der Waals surface area contributed by atoms with Crippen molar-refractivity contribution in [2.24, 2.45) is 0 Å². The minimum atomic E-state index is -3.83. The molecule has 6 nitrogen and oxygen atoms in total. The number of ether oxygens (including phenoxy) is 2. The number of rotatable bonds is 9. The molecule has 0 spiro atoms. The summed E-state index contributed by atoms with van der Waals surface area (Å²) < 4.78 is 64.6. The molecular weight excluding hydrogens is 464 g/mol. The summed E-state index contributed by atoms with van der Waals surface area (Å²) in [7, 11) is -2.58. The molecule has 180 valence electrons. The first-order valence-corrected chi connectivity index (χ1v) is 11.9. The maximum atomic E-state index is 13.3. The van der Waals surface area contributed by atoms with Crippen LogP contribution in [0.3, 0.4) is 0 Å². The predicted octanol–water partition coefficient (Wildman–Crippen LogP) is 4.47. The third kappa shape index (κ3) is 6.18. The fourth-order valence-corrected chi connectivity index (χ4v) is 4.41. The maximum Gasteiger partial charge on any atom is 0.338 e. The standard InChI is InChI=1S/C25H25F2NO5S/c1-16-12-21(14-22(17(16)2)25(29)32-3)34(30,31)28-11-10-18-4-7-20(8-5-18)33-15-19-6-9-23(26)24(27)13-19/h4-9,12-14,28H,10-11,15H2,1-3H3. The zero-order valence-corrected chi connectivity index (χ0v) is 19.8. The minimum absolute atomic E-state index is 0.00280. The molecule has 3 aromatic carbocycles. The molecule has 0 unspecified atom stereocenters. The lowest BCUT2D eigenvalue weighted by Crippen LogP contribution is -2.26. The Kier molecular flexibility index (Phi) is 8.01. The monoisotopic (exact) mass is 489 g/mol. The summed E-state index contributed by atoms with van der Waals surface area (Å²) in [5.41, 5.74) is 2.92. The number of hydrogen-bond acceptors (Lipinski definition) is 5. The third-order valence-corrected chi connectivity index (χ3v) is 6.82. The third-order valence-electron chi connectivity index (χ3n) is 5.38. The predicted molar refractivity (Wildman–Crippen MR) is 123 cm³/mol. The molecule has 0 fully saturated rings. The largest absolute Gasteiger partial charge is 0.489 e. The normalized spacial score (nSPS) is 11.3. The topological polar surface area (TPSA) is 81.7 Å². The Morgan fingerprint density at radius 2 is 1.62 bits per heavy atom. The van der Waals surface area contributed by atoms with Gasteiger partial charge in [-0.1, -0.05) is 18.2 Å². The molecule has 34 heavy (non-hydrogen) atoms. The zero-order valence-electron chi connectivity index (χ0n) is 19.0. The average molecular weight is 490 g/mol. The molecule has 0 radical (unpaired) electrons. The SMILES string of the molecule is COC(=O)c1cc(S(=O)(=O)NCCc2ccc(OCc3ccc(F)c(F)c3)cc2)cc(C)c1C. The summed E-state index contributed by atoms with van der Waals surface area (Å²) in [5.74, 6) is -1.89. The highest BCUT2D eigenvalue weighted by Crippen LogP contribution is 2.21. The number of nitrogens with one attached hydrogen (secondary N) is 1. The van der Waals surface area contributed by atoms with Crippen molar-refractivity contribution in [2.45, 2.75) is 31.8 Å². The highest BCUT2D eigenvalue weighted by Gasteiger charge is 2.20. The van der Waals surface area contributed by atoms with Gasteiger partial charge < -0.3 is 9.47 Å². The Morgan fingerprint density at radius 3 is 2.26 bits per heavy atom. The summed E-state index contributed by atoms with van der Waals surface area (Å²) in [6.45, 7) is 3.70.